The monoisotopic (exact) mass is 539 g/mol. The number of benzene rings is 3. The molecule has 0 saturated carbocycles. The summed E-state index contributed by atoms with van der Waals surface area (Å²) in [6.07, 6.45) is 1.66. The van der Waals surface area contributed by atoms with Crippen LogP contribution in [0, 0.1) is 6.92 Å². The Balaban J connectivity index is 2.18. The quantitative estimate of drug-likeness (QED) is 0.215. The van der Waals surface area contributed by atoms with Crippen molar-refractivity contribution >= 4 is 44.9 Å². The molecule has 9 heteroatoms. The fourth-order valence-electron chi connectivity index (χ4n) is 4.49. The van der Waals surface area contributed by atoms with Crippen molar-refractivity contribution < 1.29 is 27.0 Å². The Hall–Kier alpha value is -3.19. The van der Waals surface area contributed by atoms with E-state index in [1.165, 1.54) is 19.2 Å². The maximum absolute atomic E-state index is 14.8. The van der Waals surface area contributed by atoms with E-state index in [1.54, 1.807) is 61.5 Å². The summed E-state index contributed by atoms with van der Waals surface area (Å²) in [4.78, 5) is 13.5. The molecule has 0 N–H and O–H groups in total. The van der Waals surface area contributed by atoms with Crippen LogP contribution < -0.4 is 10.6 Å². The third-order valence-electron chi connectivity index (χ3n) is 6.14. The van der Waals surface area contributed by atoms with Gasteiger partial charge in [-0.15, -0.1) is 0 Å². The lowest BCUT2D eigenvalue weighted by Gasteiger charge is -2.19. The van der Waals surface area contributed by atoms with Gasteiger partial charge in [-0.25, -0.2) is 17.2 Å². The van der Waals surface area contributed by atoms with Crippen LogP contribution in [-0.4, -0.2) is 32.1 Å². The Morgan fingerprint density at radius 2 is 1.70 bits per heavy atom. The molecule has 0 spiro atoms. The Kier molecular flexibility index (Phi) is 7.74. The third kappa shape index (κ3) is 4.77. The van der Waals surface area contributed by atoms with Crippen molar-refractivity contribution in [3.05, 3.63) is 89.6 Å². The molecule has 1 heterocycles. The minimum Gasteiger partial charge on any atom is -0.461 e. The van der Waals surface area contributed by atoms with Crippen LogP contribution in [0.1, 0.15) is 41.9 Å². The number of ether oxygens (including phenoxy) is 1. The number of esters is 1. The van der Waals surface area contributed by atoms with Gasteiger partial charge < -0.3 is 9.26 Å². The number of aromatic nitrogens is 1. The minimum absolute atomic E-state index is 0.00742. The number of aryl methyl sites for hydroxylation is 2. The molecule has 0 aliphatic rings. The van der Waals surface area contributed by atoms with Crippen molar-refractivity contribution in [1.29, 1.82) is 0 Å². The van der Waals surface area contributed by atoms with Crippen LogP contribution in [-0.2, 0) is 30.3 Å². The molecule has 0 fully saturated rings. The second-order valence-electron chi connectivity index (χ2n) is 8.67. The zero-order chi connectivity index (χ0) is 26.8. The number of hydrogen-bond donors (Lipinski definition) is 0. The van der Waals surface area contributed by atoms with E-state index in [1.807, 2.05) is 19.9 Å². The van der Waals surface area contributed by atoms with E-state index in [0.29, 0.717) is 10.7 Å². The van der Waals surface area contributed by atoms with Gasteiger partial charge in [0.25, 0.3) is 17.4 Å². The molecule has 7 nitrogen and oxygen atoms in total. The fraction of sp³-hybridized carbons (Fsp3) is 0.250. The van der Waals surface area contributed by atoms with Gasteiger partial charge in [0.1, 0.15) is 0 Å². The summed E-state index contributed by atoms with van der Waals surface area (Å²) < 4.78 is 54.8. The van der Waals surface area contributed by atoms with E-state index in [9.17, 15) is 17.8 Å². The van der Waals surface area contributed by atoms with Crippen LogP contribution in [0.5, 0.6) is 0 Å². The van der Waals surface area contributed by atoms with Crippen LogP contribution in [0.3, 0.4) is 0 Å². The van der Waals surface area contributed by atoms with Gasteiger partial charge in [0, 0.05) is 17.8 Å². The molecule has 4 aromatic rings. The van der Waals surface area contributed by atoms with Gasteiger partial charge in [-0.05, 0) is 62.2 Å². The Labute approximate surface area is 217 Å². The fourth-order valence-corrected chi connectivity index (χ4v) is 8.33. The first-order valence-corrected chi connectivity index (χ1v) is 15.1. The SMILES string of the molecule is CCCc1cccc(P(=O)(OC)c2c(C(=O)OCC)n(S(=O)(=O)c3ccccc3)c3ccc(C)cc23)c1. The number of carbonyl (C=O) groups is 1. The van der Waals surface area contributed by atoms with E-state index in [2.05, 4.69) is 0 Å². The van der Waals surface area contributed by atoms with Crippen molar-refractivity contribution in [2.75, 3.05) is 13.7 Å². The zero-order valence-electron chi connectivity index (χ0n) is 21.3. The second-order valence-corrected chi connectivity index (χ2v) is 12.9. The molecule has 1 unspecified atom stereocenters. The van der Waals surface area contributed by atoms with Gasteiger partial charge in [-0.1, -0.05) is 55.3 Å². The summed E-state index contributed by atoms with van der Waals surface area (Å²) in [6.45, 7) is 5.53. The smallest absolute Gasteiger partial charge is 0.356 e. The number of nitrogens with zero attached hydrogens (tertiary/aromatic N) is 1. The highest BCUT2D eigenvalue weighted by Crippen LogP contribution is 2.48. The number of fused-ring (bicyclic) bond motifs is 1. The van der Waals surface area contributed by atoms with Crippen LogP contribution in [0.25, 0.3) is 10.9 Å². The maximum Gasteiger partial charge on any atom is 0.356 e. The predicted molar refractivity (Wildman–Crippen MR) is 146 cm³/mol. The predicted octanol–water partition coefficient (Wildman–Crippen LogP) is 5.19. The van der Waals surface area contributed by atoms with Crippen molar-refractivity contribution in [1.82, 2.24) is 3.97 Å². The van der Waals surface area contributed by atoms with Gasteiger partial charge >= 0.3 is 5.97 Å². The first-order chi connectivity index (χ1) is 17.7. The van der Waals surface area contributed by atoms with Gasteiger partial charge in [0.15, 0.2) is 5.69 Å². The first-order valence-electron chi connectivity index (χ1n) is 12.1. The molecule has 0 aliphatic heterocycles. The van der Waals surface area contributed by atoms with Crippen molar-refractivity contribution in [3.8, 4) is 0 Å². The molecular formula is C28H30NO6PS. The first kappa shape index (κ1) is 26.9. The Bertz CT molecular complexity index is 1610. The summed E-state index contributed by atoms with van der Waals surface area (Å²) in [5.74, 6) is -0.896. The molecule has 4 rings (SSSR count). The molecule has 0 amide bonds. The maximum atomic E-state index is 14.8. The molecule has 0 radical (unpaired) electrons. The summed E-state index contributed by atoms with van der Waals surface area (Å²) in [7, 11) is -6.93. The second kappa shape index (κ2) is 10.7. The molecule has 37 heavy (non-hydrogen) atoms. The van der Waals surface area contributed by atoms with E-state index >= 15 is 0 Å². The van der Waals surface area contributed by atoms with E-state index in [-0.39, 0.29) is 28.0 Å². The van der Waals surface area contributed by atoms with E-state index < -0.39 is 23.4 Å². The molecule has 0 bridgehead atoms. The highest BCUT2D eigenvalue weighted by atomic mass is 32.2. The lowest BCUT2D eigenvalue weighted by Crippen LogP contribution is -2.28. The topological polar surface area (TPSA) is 91.7 Å². The lowest BCUT2D eigenvalue weighted by atomic mass is 10.1. The standard InChI is InChI=1S/C28H30NO6PS/c1-5-11-21-12-10-13-22(19-21)36(31,34-4)27-24-18-20(3)16-17-25(24)29(26(27)28(30)35-6-2)37(32,33)23-14-8-7-9-15-23/h7-10,12-19H,5-6,11H2,1-4H3. The van der Waals surface area contributed by atoms with Crippen LogP contribution >= 0.6 is 7.37 Å². The summed E-state index contributed by atoms with van der Waals surface area (Å²) in [6, 6.07) is 20.1. The molecule has 1 aromatic heterocycles. The molecule has 1 atom stereocenters. The number of carbonyl (C=O) groups excluding carboxylic acids is 1. The van der Waals surface area contributed by atoms with E-state index in [0.717, 1.165) is 27.9 Å². The minimum atomic E-state index is -4.28. The Morgan fingerprint density at radius 1 is 0.973 bits per heavy atom. The zero-order valence-corrected chi connectivity index (χ0v) is 23.0. The average molecular weight is 540 g/mol. The normalized spacial score (nSPS) is 13.4. The summed E-state index contributed by atoms with van der Waals surface area (Å²) >= 11 is 0. The third-order valence-corrected chi connectivity index (χ3v) is 10.4. The molecule has 0 aliphatic carbocycles. The number of rotatable bonds is 9. The summed E-state index contributed by atoms with van der Waals surface area (Å²) in [5.41, 5.74) is 1.67. The van der Waals surface area contributed by atoms with Crippen molar-refractivity contribution in [2.24, 2.45) is 0 Å². The largest absolute Gasteiger partial charge is 0.461 e. The molecule has 194 valence electrons. The molecular weight excluding hydrogens is 509 g/mol. The highest BCUT2D eigenvalue weighted by Gasteiger charge is 2.41. The number of hydrogen-bond acceptors (Lipinski definition) is 6. The van der Waals surface area contributed by atoms with Crippen molar-refractivity contribution in [2.45, 2.75) is 38.5 Å². The van der Waals surface area contributed by atoms with Gasteiger partial charge in [0.2, 0.25) is 0 Å². The lowest BCUT2D eigenvalue weighted by molar-refractivity contribution is 0.0520. The van der Waals surface area contributed by atoms with E-state index in [4.69, 9.17) is 9.26 Å². The van der Waals surface area contributed by atoms with Crippen LogP contribution in [0.2, 0.25) is 0 Å². The van der Waals surface area contributed by atoms with Crippen LogP contribution in [0.15, 0.2) is 77.7 Å². The van der Waals surface area contributed by atoms with Gasteiger partial charge in [0.05, 0.1) is 22.3 Å². The summed E-state index contributed by atoms with van der Waals surface area (Å²) in [5, 5.41) is 0.748. The van der Waals surface area contributed by atoms with Crippen LogP contribution in [0.4, 0.5) is 0 Å². The average Bonchev–Trinajstić information content (AvgIpc) is 3.25. The molecule has 3 aromatic carbocycles. The van der Waals surface area contributed by atoms with Gasteiger partial charge in [-0.2, -0.15) is 0 Å². The Morgan fingerprint density at radius 3 is 2.35 bits per heavy atom. The molecule has 0 saturated heterocycles. The highest BCUT2D eigenvalue weighted by molar-refractivity contribution is 7.90. The van der Waals surface area contributed by atoms with Gasteiger partial charge in [-0.3, -0.25) is 4.57 Å². The van der Waals surface area contributed by atoms with Crippen molar-refractivity contribution in [3.63, 3.8) is 0 Å².